The third-order valence-corrected chi connectivity index (χ3v) is 12.2. The van der Waals surface area contributed by atoms with Crippen molar-refractivity contribution < 1.29 is 4.42 Å². The molecule has 7 aromatic carbocycles. The van der Waals surface area contributed by atoms with Crippen LogP contribution in [-0.2, 0) is 6.42 Å². The molecule has 2 aliphatic rings. The van der Waals surface area contributed by atoms with Crippen molar-refractivity contribution in [1.82, 2.24) is 5.32 Å². The molecule has 0 fully saturated rings. The maximum Gasteiger partial charge on any atom is 0.160 e. The lowest BCUT2D eigenvalue weighted by Gasteiger charge is -2.24. The van der Waals surface area contributed by atoms with Gasteiger partial charge in [0.05, 0.1) is 0 Å². The van der Waals surface area contributed by atoms with E-state index < -0.39 is 0 Å². The van der Waals surface area contributed by atoms with Gasteiger partial charge < -0.3 is 9.73 Å². The predicted molar refractivity (Wildman–Crippen MR) is 239 cm³/mol. The Bertz CT molecular complexity index is 3100. The van der Waals surface area contributed by atoms with E-state index in [0.717, 1.165) is 62.0 Å². The third kappa shape index (κ3) is 5.92. The van der Waals surface area contributed by atoms with E-state index >= 15 is 0 Å². The van der Waals surface area contributed by atoms with Crippen LogP contribution < -0.4 is 5.32 Å². The second-order valence-electron chi connectivity index (χ2n) is 14.5. The average molecular weight is 750 g/mol. The summed E-state index contributed by atoms with van der Waals surface area (Å²) in [5.74, 6) is 1.45. The molecule has 4 nitrogen and oxygen atoms in total. The number of allylic oxidation sites excluding steroid dienone is 3. The van der Waals surface area contributed by atoms with Crippen molar-refractivity contribution in [1.29, 1.82) is 0 Å². The average Bonchev–Trinajstić information content (AvgIpc) is 3.75. The highest BCUT2D eigenvalue weighted by atomic mass is 32.1. The molecule has 11 rings (SSSR count). The number of rotatable bonds is 6. The van der Waals surface area contributed by atoms with Crippen molar-refractivity contribution in [2.24, 2.45) is 9.98 Å². The Balaban J connectivity index is 1.07. The monoisotopic (exact) mass is 749 g/mol. The molecule has 0 spiro atoms. The van der Waals surface area contributed by atoms with Crippen LogP contribution in [0.4, 0.5) is 0 Å². The molecular formula is C52H35N3OS. The van der Waals surface area contributed by atoms with Gasteiger partial charge in [-0.3, -0.25) is 0 Å². The molecule has 0 amide bonds. The van der Waals surface area contributed by atoms with Crippen molar-refractivity contribution in [3.8, 4) is 33.4 Å². The highest BCUT2D eigenvalue weighted by molar-refractivity contribution is 7.19. The molecule has 1 unspecified atom stereocenters. The van der Waals surface area contributed by atoms with Crippen molar-refractivity contribution in [2.75, 3.05) is 0 Å². The van der Waals surface area contributed by atoms with Gasteiger partial charge in [0, 0.05) is 43.3 Å². The van der Waals surface area contributed by atoms with E-state index in [9.17, 15) is 0 Å². The SMILES string of the molecule is C1=CCc2sc3ccc(-c4ccccc4)c(-c4ccc5c(c4)oc4cccc(C6=NC(c7ccccc7)NC(c7ccc(-c8ccccc8)cc7)=N6)c45)c3c2C=C1. The summed E-state index contributed by atoms with van der Waals surface area (Å²) in [7, 11) is 0. The normalized spacial score (nSPS) is 15.0. The number of amidine groups is 2. The van der Waals surface area contributed by atoms with E-state index in [1.807, 2.05) is 29.5 Å². The largest absolute Gasteiger partial charge is 0.456 e. The maximum atomic E-state index is 6.76. The van der Waals surface area contributed by atoms with Gasteiger partial charge >= 0.3 is 0 Å². The molecule has 1 aliphatic carbocycles. The van der Waals surface area contributed by atoms with Gasteiger partial charge in [0.2, 0.25) is 0 Å². The third-order valence-electron chi connectivity index (χ3n) is 11.0. The van der Waals surface area contributed by atoms with Crippen molar-refractivity contribution >= 4 is 61.1 Å². The van der Waals surface area contributed by atoms with Crippen LogP contribution >= 0.6 is 11.3 Å². The number of fused-ring (bicyclic) bond motifs is 6. The molecule has 0 radical (unpaired) electrons. The summed E-state index contributed by atoms with van der Waals surface area (Å²) in [6.45, 7) is 0. The minimum Gasteiger partial charge on any atom is -0.456 e. The first kappa shape index (κ1) is 33.3. The molecule has 9 aromatic rings. The first-order chi connectivity index (χ1) is 28.2. The van der Waals surface area contributed by atoms with Gasteiger partial charge in [0.25, 0.3) is 0 Å². The molecule has 2 aromatic heterocycles. The fourth-order valence-electron chi connectivity index (χ4n) is 8.30. The number of furan rings is 1. The van der Waals surface area contributed by atoms with E-state index in [2.05, 4.69) is 175 Å². The van der Waals surface area contributed by atoms with Gasteiger partial charge in [0.1, 0.15) is 23.2 Å². The van der Waals surface area contributed by atoms with E-state index in [1.165, 1.54) is 42.8 Å². The van der Waals surface area contributed by atoms with E-state index in [1.54, 1.807) is 0 Å². The topological polar surface area (TPSA) is 49.9 Å². The smallest absolute Gasteiger partial charge is 0.160 e. The van der Waals surface area contributed by atoms with Crippen LogP contribution in [0.1, 0.15) is 33.3 Å². The summed E-state index contributed by atoms with van der Waals surface area (Å²) in [6.07, 6.45) is 9.46. The lowest BCUT2D eigenvalue weighted by atomic mass is 9.89. The Kier molecular flexibility index (Phi) is 8.11. The summed E-state index contributed by atoms with van der Waals surface area (Å²) in [5, 5.41) is 6.97. The van der Waals surface area contributed by atoms with Gasteiger partial charge in [-0.15, -0.1) is 11.3 Å². The lowest BCUT2D eigenvalue weighted by molar-refractivity contribution is 0.668. The quantitative estimate of drug-likeness (QED) is 0.184. The first-order valence-corrected chi connectivity index (χ1v) is 20.1. The maximum absolute atomic E-state index is 6.76. The van der Waals surface area contributed by atoms with Crippen LogP contribution in [0.2, 0.25) is 0 Å². The highest BCUT2D eigenvalue weighted by Gasteiger charge is 2.25. The molecule has 1 atom stereocenters. The number of hydrogen-bond donors (Lipinski definition) is 1. The fraction of sp³-hybridized carbons (Fsp3) is 0.0385. The van der Waals surface area contributed by atoms with E-state index in [0.29, 0.717) is 5.84 Å². The molecule has 0 saturated carbocycles. The van der Waals surface area contributed by atoms with Gasteiger partial charge in [-0.1, -0.05) is 164 Å². The number of benzene rings is 7. The number of thiophene rings is 1. The lowest BCUT2D eigenvalue weighted by Crippen LogP contribution is -2.33. The van der Waals surface area contributed by atoms with Crippen molar-refractivity contribution in [3.05, 3.63) is 209 Å². The molecular weight excluding hydrogens is 715 g/mol. The molecule has 57 heavy (non-hydrogen) atoms. The predicted octanol–water partition coefficient (Wildman–Crippen LogP) is 13.4. The van der Waals surface area contributed by atoms with Crippen LogP contribution in [0, 0.1) is 0 Å². The summed E-state index contributed by atoms with van der Waals surface area (Å²) < 4.78 is 8.05. The van der Waals surface area contributed by atoms with E-state index in [-0.39, 0.29) is 6.17 Å². The Morgan fingerprint density at radius 1 is 0.579 bits per heavy atom. The summed E-state index contributed by atoms with van der Waals surface area (Å²) in [6, 6.07) is 57.6. The molecule has 1 aliphatic heterocycles. The summed E-state index contributed by atoms with van der Waals surface area (Å²) in [5.41, 5.74) is 13.0. The summed E-state index contributed by atoms with van der Waals surface area (Å²) >= 11 is 1.89. The van der Waals surface area contributed by atoms with E-state index in [4.69, 9.17) is 14.4 Å². The highest BCUT2D eigenvalue weighted by Crippen LogP contribution is 2.46. The number of aliphatic imine (C=N–C) groups is 2. The number of nitrogens with one attached hydrogen (secondary N) is 1. The van der Waals surface area contributed by atoms with Gasteiger partial charge in [-0.25, -0.2) is 9.98 Å². The Hall–Kier alpha value is -7.08. The fourth-order valence-corrected chi connectivity index (χ4v) is 9.47. The zero-order valence-corrected chi connectivity index (χ0v) is 31.7. The van der Waals surface area contributed by atoms with Crippen LogP contribution in [0.25, 0.3) is 71.5 Å². The zero-order chi connectivity index (χ0) is 37.7. The first-order valence-electron chi connectivity index (χ1n) is 19.3. The molecule has 0 saturated heterocycles. The van der Waals surface area contributed by atoms with Gasteiger partial charge in [-0.05, 0) is 68.8 Å². The second-order valence-corrected chi connectivity index (χ2v) is 15.6. The van der Waals surface area contributed by atoms with Crippen molar-refractivity contribution in [3.63, 3.8) is 0 Å². The Morgan fingerprint density at radius 3 is 2.11 bits per heavy atom. The van der Waals surface area contributed by atoms with Crippen LogP contribution in [0.5, 0.6) is 0 Å². The van der Waals surface area contributed by atoms with Gasteiger partial charge in [0.15, 0.2) is 5.84 Å². The van der Waals surface area contributed by atoms with Crippen LogP contribution in [0.15, 0.2) is 196 Å². The molecule has 0 bridgehead atoms. The van der Waals surface area contributed by atoms with Crippen LogP contribution in [0.3, 0.4) is 0 Å². The standard InChI is InChI=1S/C52H35N3OS/c1-5-14-33(15-6-1)34-24-26-37(27-25-34)51-53-50(36-18-9-3-10-19-36)54-52(55-51)42-21-13-22-43-48(42)40-29-28-38(32-44(40)56-43)47-39(35-16-7-2-8-17-35)30-31-46-49(47)41-20-11-4-12-23-45(41)57-46/h1-22,24-32,50H,23H2,(H,53,54,55). The van der Waals surface area contributed by atoms with Crippen LogP contribution in [-0.4, -0.2) is 11.7 Å². The molecule has 5 heteroatoms. The second kappa shape index (κ2) is 13.9. The molecule has 270 valence electrons. The Labute approximate surface area is 334 Å². The number of hydrogen-bond acceptors (Lipinski definition) is 5. The minimum absolute atomic E-state index is 0.315. The zero-order valence-electron chi connectivity index (χ0n) is 30.9. The van der Waals surface area contributed by atoms with Gasteiger partial charge in [-0.2, -0.15) is 0 Å². The summed E-state index contributed by atoms with van der Waals surface area (Å²) in [4.78, 5) is 11.9. The number of nitrogens with zero attached hydrogens (tertiary/aromatic N) is 2. The molecule has 3 heterocycles. The van der Waals surface area contributed by atoms with Crippen molar-refractivity contribution in [2.45, 2.75) is 12.6 Å². The molecule has 1 N–H and O–H groups in total. The Morgan fingerprint density at radius 2 is 1.30 bits per heavy atom. The minimum atomic E-state index is -0.315.